The van der Waals surface area contributed by atoms with Crippen LogP contribution < -0.4 is 4.74 Å². The van der Waals surface area contributed by atoms with Gasteiger partial charge >= 0.3 is 6.36 Å². The number of ether oxygens (including phenoxy) is 1. The zero-order valence-corrected chi connectivity index (χ0v) is 8.72. The van der Waals surface area contributed by atoms with Gasteiger partial charge in [-0.25, -0.2) is 0 Å². The summed E-state index contributed by atoms with van der Waals surface area (Å²) in [6, 6.07) is 3.66. The second-order valence-electron chi connectivity index (χ2n) is 3.29. The standard InChI is InChI=1S/C10H8F3NO4/c11-10(12,13)18-5-1-2-7(15)6(3-5)9(17)8(16)4-14/h1-3,8-9,15-17H. The van der Waals surface area contributed by atoms with Gasteiger partial charge in [0.05, 0.1) is 6.07 Å². The van der Waals surface area contributed by atoms with Gasteiger partial charge in [0.25, 0.3) is 0 Å². The molecule has 0 aliphatic carbocycles. The monoisotopic (exact) mass is 263 g/mol. The Morgan fingerprint density at radius 2 is 1.89 bits per heavy atom. The topological polar surface area (TPSA) is 93.7 Å². The lowest BCUT2D eigenvalue weighted by atomic mass is 10.0. The van der Waals surface area contributed by atoms with Gasteiger partial charge in [0.15, 0.2) is 6.10 Å². The maximum atomic E-state index is 12.0. The summed E-state index contributed by atoms with van der Waals surface area (Å²) in [5, 5.41) is 36.2. The lowest BCUT2D eigenvalue weighted by molar-refractivity contribution is -0.274. The van der Waals surface area contributed by atoms with Crippen molar-refractivity contribution in [1.29, 1.82) is 5.26 Å². The number of hydrogen-bond donors (Lipinski definition) is 3. The van der Waals surface area contributed by atoms with Gasteiger partial charge in [-0.05, 0) is 18.2 Å². The predicted octanol–water partition coefficient (Wildman–Crippen LogP) is 1.21. The van der Waals surface area contributed by atoms with E-state index in [-0.39, 0.29) is 0 Å². The zero-order valence-electron chi connectivity index (χ0n) is 8.72. The van der Waals surface area contributed by atoms with Gasteiger partial charge < -0.3 is 20.1 Å². The average Bonchev–Trinajstić information content (AvgIpc) is 2.28. The van der Waals surface area contributed by atoms with E-state index >= 15 is 0 Å². The molecule has 0 spiro atoms. The van der Waals surface area contributed by atoms with Gasteiger partial charge in [-0.1, -0.05) is 0 Å². The van der Waals surface area contributed by atoms with Gasteiger partial charge in [-0.15, -0.1) is 13.2 Å². The van der Waals surface area contributed by atoms with E-state index in [2.05, 4.69) is 4.74 Å². The molecular formula is C10H8F3NO4. The number of nitriles is 1. The Labute approximate surface area is 99.3 Å². The lowest BCUT2D eigenvalue weighted by Crippen LogP contribution is -2.18. The minimum absolute atomic E-state index is 0.439. The number of nitrogens with zero attached hydrogens (tertiary/aromatic N) is 1. The molecule has 8 heteroatoms. The Morgan fingerprint density at radius 3 is 2.39 bits per heavy atom. The Morgan fingerprint density at radius 1 is 1.28 bits per heavy atom. The van der Waals surface area contributed by atoms with Crippen LogP contribution in [-0.4, -0.2) is 27.8 Å². The van der Waals surface area contributed by atoms with E-state index in [1.807, 2.05) is 0 Å². The van der Waals surface area contributed by atoms with Crippen LogP contribution in [0.4, 0.5) is 13.2 Å². The molecule has 0 aromatic heterocycles. The second-order valence-corrected chi connectivity index (χ2v) is 3.29. The van der Waals surface area contributed by atoms with Crippen molar-refractivity contribution in [3.63, 3.8) is 0 Å². The van der Waals surface area contributed by atoms with Gasteiger partial charge in [0, 0.05) is 5.56 Å². The van der Waals surface area contributed by atoms with Crippen molar-refractivity contribution < 1.29 is 33.2 Å². The molecule has 0 radical (unpaired) electrons. The third-order valence-electron chi connectivity index (χ3n) is 1.98. The van der Waals surface area contributed by atoms with Crippen molar-refractivity contribution in [1.82, 2.24) is 0 Å². The summed E-state index contributed by atoms with van der Waals surface area (Å²) in [5.41, 5.74) is -0.439. The summed E-state index contributed by atoms with van der Waals surface area (Å²) in [7, 11) is 0. The van der Waals surface area contributed by atoms with E-state index in [1.54, 1.807) is 0 Å². The number of phenolic OH excluding ortho intramolecular Hbond substituents is 1. The van der Waals surface area contributed by atoms with Crippen molar-refractivity contribution in [3.8, 4) is 17.6 Å². The summed E-state index contributed by atoms with van der Waals surface area (Å²) in [6.07, 6.45) is -8.64. The van der Waals surface area contributed by atoms with E-state index in [1.165, 1.54) is 6.07 Å². The first-order valence-corrected chi connectivity index (χ1v) is 4.59. The number of hydrogen-bond acceptors (Lipinski definition) is 5. The Balaban J connectivity index is 3.06. The van der Waals surface area contributed by atoms with Crippen LogP contribution in [0.3, 0.4) is 0 Å². The van der Waals surface area contributed by atoms with E-state index in [0.717, 1.165) is 12.1 Å². The minimum Gasteiger partial charge on any atom is -0.508 e. The van der Waals surface area contributed by atoms with Gasteiger partial charge in [-0.3, -0.25) is 0 Å². The molecule has 1 aromatic rings. The van der Waals surface area contributed by atoms with Crippen molar-refractivity contribution in [2.75, 3.05) is 0 Å². The number of aliphatic hydroxyl groups excluding tert-OH is 2. The molecule has 0 bridgehead atoms. The lowest BCUT2D eigenvalue weighted by Gasteiger charge is -2.15. The van der Waals surface area contributed by atoms with Crippen LogP contribution in [0.2, 0.25) is 0 Å². The highest BCUT2D eigenvalue weighted by atomic mass is 19.4. The van der Waals surface area contributed by atoms with E-state index in [0.29, 0.717) is 6.07 Å². The van der Waals surface area contributed by atoms with Crippen LogP contribution in [0.15, 0.2) is 18.2 Å². The summed E-state index contributed by atoms with van der Waals surface area (Å²) in [4.78, 5) is 0. The average molecular weight is 263 g/mol. The molecule has 0 saturated heterocycles. The highest BCUT2D eigenvalue weighted by Crippen LogP contribution is 2.32. The zero-order chi connectivity index (χ0) is 13.9. The van der Waals surface area contributed by atoms with E-state index in [9.17, 15) is 23.4 Å². The first-order chi connectivity index (χ1) is 8.24. The molecule has 1 rings (SSSR count). The molecule has 98 valence electrons. The molecule has 0 aliphatic heterocycles. The minimum atomic E-state index is -4.92. The van der Waals surface area contributed by atoms with Crippen molar-refractivity contribution in [2.45, 2.75) is 18.6 Å². The maximum Gasteiger partial charge on any atom is 0.573 e. The SMILES string of the molecule is N#CC(O)C(O)c1cc(OC(F)(F)F)ccc1O. The molecule has 0 amide bonds. The number of rotatable bonds is 3. The molecule has 1 aromatic carbocycles. The van der Waals surface area contributed by atoms with Crippen LogP contribution in [0.5, 0.6) is 11.5 Å². The molecule has 0 aliphatic rings. The quantitative estimate of drug-likeness (QED) is 0.712. The molecule has 2 atom stereocenters. The summed E-state index contributed by atoms with van der Waals surface area (Å²) in [6.45, 7) is 0. The van der Waals surface area contributed by atoms with Crippen LogP contribution in [0, 0.1) is 11.3 Å². The molecule has 3 N–H and O–H groups in total. The van der Waals surface area contributed by atoms with Crippen LogP contribution >= 0.6 is 0 Å². The summed E-state index contributed by atoms with van der Waals surface area (Å²) >= 11 is 0. The number of phenols is 1. The Kier molecular flexibility index (Phi) is 4.00. The number of alkyl halides is 3. The smallest absolute Gasteiger partial charge is 0.508 e. The van der Waals surface area contributed by atoms with Crippen molar-refractivity contribution in [2.24, 2.45) is 0 Å². The van der Waals surface area contributed by atoms with E-state index < -0.39 is 35.6 Å². The number of benzene rings is 1. The summed E-state index contributed by atoms with van der Waals surface area (Å²) < 4.78 is 39.4. The third-order valence-corrected chi connectivity index (χ3v) is 1.98. The van der Waals surface area contributed by atoms with Gasteiger partial charge in [-0.2, -0.15) is 5.26 Å². The Hall–Kier alpha value is -1.98. The summed E-state index contributed by atoms with van der Waals surface area (Å²) in [5.74, 6) is -1.24. The fraction of sp³-hybridized carbons (Fsp3) is 0.300. The van der Waals surface area contributed by atoms with Gasteiger partial charge in [0.2, 0.25) is 0 Å². The third kappa shape index (κ3) is 3.51. The van der Waals surface area contributed by atoms with E-state index in [4.69, 9.17) is 10.4 Å². The molecule has 0 saturated carbocycles. The highest BCUT2D eigenvalue weighted by molar-refractivity contribution is 5.41. The molecule has 2 unspecified atom stereocenters. The molecule has 5 nitrogen and oxygen atoms in total. The maximum absolute atomic E-state index is 12.0. The fourth-order valence-electron chi connectivity index (χ4n) is 1.21. The van der Waals surface area contributed by atoms with Crippen LogP contribution in [0.1, 0.15) is 11.7 Å². The second kappa shape index (κ2) is 5.12. The molecule has 0 heterocycles. The number of aliphatic hydroxyl groups is 2. The number of halogens is 3. The molecule has 18 heavy (non-hydrogen) atoms. The molecule has 0 fully saturated rings. The highest BCUT2D eigenvalue weighted by Gasteiger charge is 2.32. The fourth-order valence-corrected chi connectivity index (χ4v) is 1.21. The first kappa shape index (κ1) is 14.1. The first-order valence-electron chi connectivity index (χ1n) is 4.59. The van der Waals surface area contributed by atoms with Crippen LogP contribution in [-0.2, 0) is 0 Å². The normalized spacial score (nSPS) is 14.7. The Bertz CT molecular complexity index is 469. The molecular weight excluding hydrogens is 255 g/mol. The van der Waals surface area contributed by atoms with Crippen LogP contribution in [0.25, 0.3) is 0 Å². The van der Waals surface area contributed by atoms with Crippen molar-refractivity contribution >= 4 is 0 Å². The predicted molar refractivity (Wildman–Crippen MR) is 51.4 cm³/mol. The largest absolute Gasteiger partial charge is 0.573 e. The number of aromatic hydroxyl groups is 1. The van der Waals surface area contributed by atoms with Crippen molar-refractivity contribution in [3.05, 3.63) is 23.8 Å². The van der Waals surface area contributed by atoms with Gasteiger partial charge in [0.1, 0.15) is 17.6 Å².